The first kappa shape index (κ1) is 20.6. The summed E-state index contributed by atoms with van der Waals surface area (Å²) in [4.78, 5) is 24.5. The monoisotopic (exact) mass is 468 g/mol. The van der Waals surface area contributed by atoms with Crippen LogP contribution in [0.3, 0.4) is 0 Å². The van der Waals surface area contributed by atoms with E-state index < -0.39 is 0 Å². The lowest BCUT2D eigenvalue weighted by Gasteiger charge is -2.33. The number of amides is 1. The van der Waals surface area contributed by atoms with Crippen molar-refractivity contribution < 1.29 is 9.53 Å². The number of para-hydroxylation sites is 2. The molecule has 1 aliphatic heterocycles. The molecule has 1 unspecified atom stereocenters. The number of anilines is 2. The van der Waals surface area contributed by atoms with E-state index in [1.807, 2.05) is 50.2 Å². The average Bonchev–Trinajstić information content (AvgIpc) is 2.78. The molecule has 3 aromatic rings. The summed E-state index contributed by atoms with van der Waals surface area (Å²) in [7, 11) is 1.61. The summed E-state index contributed by atoms with van der Waals surface area (Å²) in [5.74, 6) is 1.11. The van der Waals surface area contributed by atoms with Crippen molar-refractivity contribution in [1.82, 2.24) is 9.97 Å². The number of benzene rings is 2. The van der Waals surface area contributed by atoms with Crippen molar-refractivity contribution >= 4 is 44.4 Å². The van der Waals surface area contributed by atoms with Gasteiger partial charge in [0.2, 0.25) is 5.91 Å². The summed E-state index contributed by atoms with van der Waals surface area (Å²) < 4.78 is 6.56. The number of nitrogens with zero attached hydrogens (tertiary/aromatic N) is 3. The number of methoxy groups -OCH3 is 1. The number of fused-ring (bicyclic) bond motifs is 1. The number of aromatic nitrogens is 2. The maximum Gasteiger partial charge on any atom is 0.257 e. The van der Waals surface area contributed by atoms with Crippen LogP contribution < -0.4 is 15.0 Å². The lowest BCUT2D eigenvalue weighted by Crippen LogP contribution is -2.41. The molecule has 156 valence electrons. The van der Waals surface area contributed by atoms with Crippen LogP contribution in [-0.2, 0) is 4.79 Å². The minimum atomic E-state index is -0.125. The van der Waals surface area contributed by atoms with Gasteiger partial charge in [-0.3, -0.25) is 4.79 Å². The Labute approximate surface area is 184 Å². The molecule has 0 bridgehead atoms. The molecule has 0 spiro atoms. The zero-order valence-electron chi connectivity index (χ0n) is 17.4. The van der Waals surface area contributed by atoms with Gasteiger partial charge in [0.15, 0.2) is 5.82 Å². The molecular weight excluding hydrogens is 444 g/mol. The summed E-state index contributed by atoms with van der Waals surface area (Å²) in [6, 6.07) is 11.7. The summed E-state index contributed by atoms with van der Waals surface area (Å²) in [6.45, 7) is 5.48. The van der Waals surface area contributed by atoms with Gasteiger partial charge in [0, 0.05) is 23.2 Å². The second-order valence-corrected chi connectivity index (χ2v) is 8.52. The first-order valence-electron chi connectivity index (χ1n) is 10.1. The smallest absolute Gasteiger partial charge is 0.257 e. The first-order valence-corrected chi connectivity index (χ1v) is 10.9. The second kappa shape index (κ2) is 8.60. The van der Waals surface area contributed by atoms with Crippen LogP contribution in [0, 0.1) is 19.8 Å². The minimum Gasteiger partial charge on any atom is -0.478 e. The van der Waals surface area contributed by atoms with E-state index in [1.165, 1.54) is 0 Å². The molecule has 1 atom stereocenters. The van der Waals surface area contributed by atoms with E-state index in [2.05, 4.69) is 31.1 Å². The SMILES string of the molecule is COc1nc2ccccc2nc1N1CCCC(C(=O)Nc2ccc(Br)c(C)c2C)C1. The van der Waals surface area contributed by atoms with Crippen molar-refractivity contribution in [3.05, 3.63) is 52.0 Å². The molecule has 0 aliphatic carbocycles. The van der Waals surface area contributed by atoms with E-state index in [0.717, 1.165) is 51.7 Å². The molecule has 7 heteroatoms. The zero-order valence-corrected chi connectivity index (χ0v) is 19.0. The maximum absolute atomic E-state index is 13.0. The van der Waals surface area contributed by atoms with E-state index in [1.54, 1.807) is 7.11 Å². The predicted molar refractivity (Wildman–Crippen MR) is 123 cm³/mol. The Morgan fingerprint density at radius 3 is 2.60 bits per heavy atom. The van der Waals surface area contributed by atoms with Gasteiger partial charge in [0.1, 0.15) is 0 Å². The van der Waals surface area contributed by atoms with Crippen molar-refractivity contribution in [2.75, 3.05) is 30.4 Å². The Balaban J connectivity index is 1.55. The van der Waals surface area contributed by atoms with Crippen LogP contribution in [0.4, 0.5) is 11.5 Å². The molecule has 1 fully saturated rings. The van der Waals surface area contributed by atoms with Crippen LogP contribution >= 0.6 is 15.9 Å². The fourth-order valence-corrected chi connectivity index (χ4v) is 4.29. The molecule has 2 heterocycles. The summed E-state index contributed by atoms with van der Waals surface area (Å²) in [6.07, 6.45) is 1.76. The second-order valence-electron chi connectivity index (χ2n) is 7.66. The summed E-state index contributed by atoms with van der Waals surface area (Å²) in [5, 5.41) is 3.12. The number of ether oxygens (including phenoxy) is 1. The van der Waals surface area contributed by atoms with Gasteiger partial charge in [-0.2, -0.15) is 0 Å². The van der Waals surface area contributed by atoms with Gasteiger partial charge in [-0.15, -0.1) is 0 Å². The number of halogens is 1. The maximum atomic E-state index is 13.0. The van der Waals surface area contributed by atoms with Crippen LogP contribution in [0.2, 0.25) is 0 Å². The van der Waals surface area contributed by atoms with E-state index in [4.69, 9.17) is 9.72 Å². The van der Waals surface area contributed by atoms with Gasteiger partial charge in [0.25, 0.3) is 5.88 Å². The quantitative estimate of drug-likeness (QED) is 0.591. The standard InChI is InChI=1S/C23H25BrN4O2/c1-14-15(2)18(11-10-17(14)24)26-22(29)16-7-6-12-28(13-16)21-23(30-3)27-20-9-5-4-8-19(20)25-21/h4-5,8-11,16H,6-7,12-13H2,1-3H3,(H,26,29). The van der Waals surface area contributed by atoms with Crippen LogP contribution in [0.25, 0.3) is 11.0 Å². The van der Waals surface area contributed by atoms with Gasteiger partial charge in [0.05, 0.1) is 24.1 Å². The normalized spacial score (nSPS) is 16.5. The number of hydrogen-bond acceptors (Lipinski definition) is 5. The summed E-state index contributed by atoms with van der Waals surface area (Å²) >= 11 is 3.54. The van der Waals surface area contributed by atoms with Crippen molar-refractivity contribution in [2.45, 2.75) is 26.7 Å². The molecule has 1 amide bonds. The van der Waals surface area contributed by atoms with Crippen LogP contribution in [-0.4, -0.2) is 36.1 Å². The predicted octanol–water partition coefficient (Wildman–Crippen LogP) is 4.87. The number of nitrogens with one attached hydrogen (secondary N) is 1. The van der Waals surface area contributed by atoms with E-state index in [-0.39, 0.29) is 11.8 Å². The highest BCUT2D eigenvalue weighted by atomic mass is 79.9. The highest BCUT2D eigenvalue weighted by Gasteiger charge is 2.29. The van der Waals surface area contributed by atoms with Gasteiger partial charge in [-0.1, -0.05) is 28.1 Å². The fourth-order valence-electron chi connectivity index (χ4n) is 3.86. The third kappa shape index (κ3) is 3.99. The minimum absolute atomic E-state index is 0.0391. The van der Waals surface area contributed by atoms with E-state index in [9.17, 15) is 4.79 Å². The largest absolute Gasteiger partial charge is 0.478 e. The molecule has 30 heavy (non-hydrogen) atoms. The van der Waals surface area contributed by atoms with Crippen molar-refractivity contribution in [3.8, 4) is 5.88 Å². The molecule has 0 radical (unpaired) electrons. The number of hydrogen-bond donors (Lipinski definition) is 1. The van der Waals surface area contributed by atoms with E-state index >= 15 is 0 Å². The van der Waals surface area contributed by atoms with Gasteiger partial charge in [-0.05, 0) is 62.1 Å². The Morgan fingerprint density at radius 1 is 1.13 bits per heavy atom. The first-order chi connectivity index (χ1) is 14.5. The van der Waals surface area contributed by atoms with Crippen LogP contribution in [0.5, 0.6) is 5.88 Å². The molecular formula is C23H25BrN4O2. The summed E-state index contributed by atoms with van der Waals surface area (Å²) in [5.41, 5.74) is 4.69. The zero-order chi connectivity index (χ0) is 21.3. The molecule has 1 aliphatic rings. The van der Waals surface area contributed by atoms with Crippen molar-refractivity contribution in [1.29, 1.82) is 0 Å². The van der Waals surface area contributed by atoms with Crippen LogP contribution in [0.15, 0.2) is 40.9 Å². The number of carbonyl (C=O) groups excluding carboxylic acids is 1. The Morgan fingerprint density at radius 2 is 1.87 bits per heavy atom. The Hall–Kier alpha value is -2.67. The molecule has 1 N–H and O–H groups in total. The fraction of sp³-hybridized carbons (Fsp3) is 0.348. The number of rotatable bonds is 4. The average molecular weight is 469 g/mol. The van der Waals surface area contributed by atoms with Crippen molar-refractivity contribution in [2.24, 2.45) is 5.92 Å². The third-order valence-corrected chi connectivity index (χ3v) is 6.64. The highest BCUT2D eigenvalue weighted by Crippen LogP contribution is 2.31. The Bertz CT molecular complexity index is 1100. The highest BCUT2D eigenvalue weighted by molar-refractivity contribution is 9.10. The lowest BCUT2D eigenvalue weighted by molar-refractivity contribution is -0.120. The molecule has 2 aromatic carbocycles. The number of piperidine rings is 1. The molecule has 6 nitrogen and oxygen atoms in total. The molecule has 1 aromatic heterocycles. The van der Waals surface area contributed by atoms with Gasteiger partial charge in [-0.25, -0.2) is 9.97 Å². The molecule has 0 saturated carbocycles. The Kier molecular flexibility index (Phi) is 5.90. The van der Waals surface area contributed by atoms with Crippen LogP contribution in [0.1, 0.15) is 24.0 Å². The molecule has 1 saturated heterocycles. The third-order valence-electron chi connectivity index (χ3n) is 5.79. The van der Waals surface area contributed by atoms with Gasteiger partial charge >= 0.3 is 0 Å². The van der Waals surface area contributed by atoms with Crippen molar-refractivity contribution in [3.63, 3.8) is 0 Å². The van der Waals surface area contributed by atoms with Gasteiger partial charge < -0.3 is 15.0 Å². The topological polar surface area (TPSA) is 67.4 Å². The number of carbonyl (C=O) groups is 1. The lowest BCUT2D eigenvalue weighted by atomic mass is 9.96. The van der Waals surface area contributed by atoms with E-state index in [0.29, 0.717) is 18.2 Å². The molecule has 4 rings (SSSR count).